The van der Waals surface area contributed by atoms with Crippen LogP contribution in [0.5, 0.6) is 0 Å². The van der Waals surface area contributed by atoms with Crippen molar-refractivity contribution in [3.8, 4) is 0 Å². The van der Waals surface area contributed by atoms with E-state index in [2.05, 4.69) is 61.0 Å². The Bertz CT molecular complexity index is 575. The lowest BCUT2D eigenvalue weighted by Crippen LogP contribution is -2.14. The number of benzene rings is 2. The number of hydrogen-bond donors (Lipinski definition) is 1. The van der Waals surface area contributed by atoms with Crippen molar-refractivity contribution in [1.29, 1.82) is 0 Å². The quantitative estimate of drug-likeness (QED) is 0.873. The molecule has 0 fully saturated rings. The second kappa shape index (κ2) is 5.25. The zero-order chi connectivity index (χ0) is 13.3. The molecule has 2 rings (SSSR count). The van der Waals surface area contributed by atoms with Crippen molar-refractivity contribution in [3.05, 3.63) is 68.7 Å². The fourth-order valence-corrected chi connectivity index (χ4v) is 2.68. The van der Waals surface area contributed by atoms with Gasteiger partial charge in [-0.15, -0.1) is 0 Å². The molecule has 0 aliphatic carbocycles. The third-order valence-corrected chi connectivity index (χ3v) is 4.26. The minimum Gasteiger partial charge on any atom is -0.320 e. The van der Waals surface area contributed by atoms with E-state index in [1.54, 1.807) is 0 Å². The van der Waals surface area contributed by atoms with Gasteiger partial charge in [-0.2, -0.15) is 0 Å². The molecule has 0 heterocycles. The summed E-state index contributed by atoms with van der Waals surface area (Å²) in [7, 11) is 0. The van der Waals surface area contributed by atoms with E-state index in [4.69, 9.17) is 5.73 Å². The number of rotatable bonds is 2. The van der Waals surface area contributed by atoms with Gasteiger partial charge in [0.05, 0.1) is 6.04 Å². The fourth-order valence-electron chi connectivity index (χ4n) is 2.30. The Morgan fingerprint density at radius 2 is 1.72 bits per heavy atom. The van der Waals surface area contributed by atoms with Crippen LogP contribution in [0.4, 0.5) is 0 Å². The van der Waals surface area contributed by atoms with E-state index in [0.717, 1.165) is 4.47 Å². The smallest absolute Gasteiger partial charge is 0.0557 e. The van der Waals surface area contributed by atoms with Gasteiger partial charge in [0.15, 0.2) is 0 Å². The monoisotopic (exact) mass is 303 g/mol. The van der Waals surface area contributed by atoms with Crippen LogP contribution in [-0.2, 0) is 0 Å². The van der Waals surface area contributed by atoms with Gasteiger partial charge in [-0.1, -0.05) is 51.8 Å². The first kappa shape index (κ1) is 13.3. The van der Waals surface area contributed by atoms with E-state index in [1.165, 1.54) is 27.8 Å². The van der Waals surface area contributed by atoms with Gasteiger partial charge in [0.1, 0.15) is 0 Å². The Hall–Kier alpha value is -1.12. The summed E-state index contributed by atoms with van der Waals surface area (Å²) in [6, 6.07) is 12.6. The van der Waals surface area contributed by atoms with Crippen LogP contribution >= 0.6 is 15.9 Å². The number of hydrogen-bond acceptors (Lipinski definition) is 1. The normalized spacial score (nSPS) is 12.5. The third kappa shape index (κ3) is 2.50. The Balaban J connectivity index is 2.48. The van der Waals surface area contributed by atoms with Crippen molar-refractivity contribution < 1.29 is 0 Å². The van der Waals surface area contributed by atoms with Gasteiger partial charge in [0, 0.05) is 4.47 Å². The lowest BCUT2D eigenvalue weighted by molar-refractivity contribution is 0.850. The molecule has 0 saturated carbocycles. The molecule has 0 amide bonds. The maximum atomic E-state index is 6.42. The molecule has 1 nitrogen and oxygen atoms in total. The first-order valence-corrected chi connectivity index (χ1v) is 6.87. The second-order valence-corrected chi connectivity index (χ2v) is 5.65. The van der Waals surface area contributed by atoms with Crippen LogP contribution in [0.2, 0.25) is 0 Å². The molecule has 2 aromatic rings. The second-order valence-electron chi connectivity index (χ2n) is 4.79. The Kier molecular flexibility index (Phi) is 3.88. The van der Waals surface area contributed by atoms with Gasteiger partial charge in [0.25, 0.3) is 0 Å². The molecule has 0 aromatic heterocycles. The Morgan fingerprint density at radius 1 is 1.00 bits per heavy atom. The van der Waals surface area contributed by atoms with Crippen LogP contribution in [0.3, 0.4) is 0 Å². The van der Waals surface area contributed by atoms with E-state index in [9.17, 15) is 0 Å². The summed E-state index contributed by atoms with van der Waals surface area (Å²) in [4.78, 5) is 0. The standard InChI is InChI=1S/C16H18BrN/c1-10-7-8-13(11(2)9-10)16(18)14-5-4-6-15(17)12(14)3/h4-9,16H,18H2,1-3H3. The third-order valence-electron chi connectivity index (χ3n) is 3.41. The molecule has 0 aliphatic heterocycles. The Morgan fingerprint density at radius 3 is 2.39 bits per heavy atom. The molecule has 2 heteroatoms. The van der Waals surface area contributed by atoms with Gasteiger partial charge >= 0.3 is 0 Å². The highest BCUT2D eigenvalue weighted by atomic mass is 79.9. The molecular formula is C16H18BrN. The average molecular weight is 304 g/mol. The van der Waals surface area contributed by atoms with Gasteiger partial charge < -0.3 is 5.73 Å². The van der Waals surface area contributed by atoms with Crippen molar-refractivity contribution in [2.45, 2.75) is 26.8 Å². The van der Waals surface area contributed by atoms with Crippen molar-refractivity contribution in [3.63, 3.8) is 0 Å². The fraction of sp³-hybridized carbons (Fsp3) is 0.250. The maximum Gasteiger partial charge on any atom is 0.0557 e. The predicted molar refractivity (Wildman–Crippen MR) is 80.8 cm³/mol. The van der Waals surface area contributed by atoms with Crippen molar-refractivity contribution in [2.75, 3.05) is 0 Å². The molecule has 18 heavy (non-hydrogen) atoms. The molecule has 94 valence electrons. The molecular weight excluding hydrogens is 286 g/mol. The number of aryl methyl sites for hydroxylation is 2. The van der Waals surface area contributed by atoms with Crippen molar-refractivity contribution >= 4 is 15.9 Å². The van der Waals surface area contributed by atoms with Gasteiger partial charge in [0.2, 0.25) is 0 Å². The molecule has 0 spiro atoms. The van der Waals surface area contributed by atoms with Crippen LogP contribution in [0, 0.1) is 20.8 Å². The van der Waals surface area contributed by atoms with Gasteiger partial charge in [-0.25, -0.2) is 0 Å². The molecule has 0 saturated heterocycles. The van der Waals surface area contributed by atoms with Crippen LogP contribution in [0.25, 0.3) is 0 Å². The number of nitrogens with two attached hydrogens (primary N) is 1. The lowest BCUT2D eigenvalue weighted by Gasteiger charge is -2.18. The van der Waals surface area contributed by atoms with Gasteiger partial charge in [-0.05, 0) is 49.1 Å². The summed E-state index contributed by atoms with van der Waals surface area (Å²) in [5.74, 6) is 0. The molecule has 2 aromatic carbocycles. The molecule has 1 unspecified atom stereocenters. The average Bonchev–Trinajstić information content (AvgIpc) is 2.32. The maximum absolute atomic E-state index is 6.42. The predicted octanol–water partition coefficient (Wildman–Crippen LogP) is 4.42. The highest BCUT2D eigenvalue weighted by Gasteiger charge is 2.14. The van der Waals surface area contributed by atoms with Crippen LogP contribution in [-0.4, -0.2) is 0 Å². The zero-order valence-corrected chi connectivity index (χ0v) is 12.6. The van der Waals surface area contributed by atoms with E-state index in [1.807, 2.05) is 12.1 Å². The van der Waals surface area contributed by atoms with E-state index in [0.29, 0.717) is 0 Å². The van der Waals surface area contributed by atoms with Crippen LogP contribution in [0.1, 0.15) is 33.9 Å². The molecule has 0 bridgehead atoms. The summed E-state index contributed by atoms with van der Waals surface area (Å²) in [5, 5.41) is 0. The highest BCUT2D eigenvalue weighted by molar-refractivity contribution is 9.10. The first-order valence-electron chi connectivity index (χ1n) is 6.08. The Labute approximate surface area is 117 Å². The topological polar surface area (TPSA) is 26.0 Å². The summed E-state index contributed by atoms with van der Waals surface area (Å²) in [5.41, 5.74) is 12.5. The van der Waals surface area contributed by atoms with E-state index < -0.39 is 0 Å². The van der Waals surface area contributed by atoms with Crippen LogP contribution < -0.4 is 5.73 Å². The number of halogens is 1. The minimum absolute atomic E-state index is 0.0666. The molecule has 2 N–H and O–H groups in total. The summed E-state index contributed by atoms with van der Waals surface area (Å²) >= 11 is 3.56. The summed E-state index contributed by atoms with van der Waals surface area (Å²) in [6.45, 7) is 6.32. The van der Waals surface area contributed by atoms with Crippen molar-refractivity contribution in [2.24, 2.45) is 5.73 Å². The van der Waals surface area contributed by atoms with Crippen molar-refractivity contribution in [1.82, 2.24) is 0 Å². The van der Waals surface area contributed by atoms with E-state index >= 15 is 0 Å². The van der Waals surface area contributed by atoms with Crippen LogP contribution in [0.15, 0.2) is 40.9 Å². The molecule has 1 atom stereocenters. The molecule has 0 radical (unpaired) electrons. The van der Waals surface area contributed by atoms with E-state index in [-0.39, 0.29) is 6.04 Å². The SMILES string of the molecule is Cc1ccc(C(N)c2cccc(Br)c2C)c(C)c1. The summed E-state index contributed by atoms with van der Waals surface area (Å²) < 4.78 is 1.11. The first-order chi connectivity index (χ1) is 8.50. The highest BCUT2D eigenvalue weighted by Crippen LogP contribution is 2.29. The zero-order valence-electron chi connectivity index (χ0n) is 11.0. The minimum atomic E-state index is -0.0666. The molecule has 0 aliphatic rings. The van der Waals surface area contributed by atoms with Gasteiger partial charge in [-0.3, -0.25) is 0 Å². The largest absolute Gasteiger partial charge is 0.320 e. The lowest BCUT2D eigenvalue weighted by atomic mass is 9.92. The summed E-state index contributed by atoms with van der Waals surface area (Å²) in [6.07, 6.45) is 0.